The zero-order chi connectivity index (χ0) is 10.8. The predicted octanol–water partition coefficient (Wildman–Crippen LogP) is 1.79. The molecule has 1 aromatic carbocycles. The third-order valence-electron chi connectivity index (χ3n) is 1.95. The molecular weight excluding hydrogens is 212 g/mol. The van der Waals surface area contributed by atoms with E-state index in [0.29, 0.717) is 5.22 Å². The molecule has 15 heavy (non-hydrogen) atoms. The summed E-state index contributed by atoms with van der Waals surface area (Å²) >= 11 is 1.23. The van der Waals surface area contributed by atoms with E-state index in [4.69, 9.17) is 10.2 Å². The predicted molar refractivity (Wildman–Crippen MR) is 58.5 cm³/mol. The Kier molecular flexibility index (Phi) is 2.64. The Balaban J connectivity index is 2.26. The second kappa shape index (κ2) is 3.94. The zero-order valence-electron chi connectivity index (χ0n) is 8.14. The van der Waals surface area contributed by atoms with Crippen LogP contribution in [0.4, 0.5) is 0 Å². The molecule has 0 aliphatic carbocycles. The normalized spacial score (nSPS) is 12.9. The van der Waals surface area contributed by atoms with Crippen molar-refractivity contribution in [3.63, 3.8) is 0 Å². The smallest absolute Gasteiger partial charge is 0.257 e. The highest BCUT2D eigenvalue weighted by atomic mass is 32.2. The van der Waals surface area contributed by atoms with Crippen LogP contribution in [0.15, 0.2) is 33.9 Å². The van der Waals surface area contributed by atoms with Crippen LogP contribution in [0.5, 0.6) is 0 Å². The fraction of sp³-hybridized carbons (Fsp3) is 0.200. The van der Waals surface area contributed by atoms with Gasteiger partial charge in [0.15, 0.2) is 5.58 Å². The van der Waals surface area contributed by atoms with Crippen LogP contribution in [0.1, 0.15) is 6.92 Å². The van der Waals surface area contributed by atoms with Gasteiger partial charge in [-0.05, 0) is 19.1 Å². The van der Waals surface area contributed by atoms with Gasteiger partial charge in [-0.25, -0.2) is 4.98 Å². The third-order valence-corrected chi connectivity index (χ3v) is 2.91. The number of carbonyl (C=O) groups excluding carboxylic acids is 1. The van der Waals surface area contributed by atoms with Crippen molar-refractivity contribution in [2.24, 2.45) is 5.73 Å². The Bertz CT molecular complexity index is 462. The summed E-state index contributed by atoms with van der Waals surface area (Å²) in [7, 11) is 0. The van der Waals surface area contributed by atoms with Crippen molar-refractivity contribution in [3.8, 4) is 0 Å². The van der Waals surface area contributed by atoms with Crippen molar-refractivity contribution < 1.29 is 9.21 Å². The van der Waals surface area contributed by atoms with Gasteiger partial charge in [0.25, 0.3) is 5.22 Å². The number of carbonyl (C=O) groups is 1. The molecule has 0 unspecified atom stereocenters. The number of amides is 1. The fourth-order valence-corrected chi connectivity index (χ4v) is 1.82. The molecule has 0 aliphatic heterocycles. The summed E-state index contributed by atoms with van der Waals surface area (Å²) in [6.07, 6.45) is 0. The molecule has 2 N–H and O–H groups in total. The van der Waals surface area contributed by atoms with Crippen molar-refractivity contribution in [1.82, 2.24) is 4.98 Å². The van der Waals surface area contributed by atoms with Crippen LogP contribution in [0.2, 0.25) is 0 Å². The fourth-order valence-electron chi connectivity index (χ4n) is 1.11. The van der Waals surface area contributed by atoms with Crippen LogP contribution in [-0.2, 0) is 4.79 Å². The van der Waals surface area contributed by atoms with Crippen LogP contribution in [0, 0.1) is 0 Å². The molecule has 1 atom stereocenters. The van der Waals surface area contributed by atoms with E-state index in [1.807, 2.05) is 24.3 Å². The van der Waals surface area contributed by atoms with E-state index in [1.165, 1.54) is 11.8 Å². The van der Waals surface area contributed by atoms with Gasteiger partial charge in [-0.3, -0.25) is 4.79 Å². The lowest BCUT2D eigenvalue weighted by Crippen LogP contribution is -2.22. The van der Waals surface area contributed by atoms with Gasteiger partial charge in [0.2, 0.25) is 5.91 Å². The van der Waals surface area contributed by atoms with Crippen molar-refractivity contribution in [3.05, 3.63) is 24.3 Å². The van der Waals surface area contributed by atoms with E-state index in [9.17, 15) is 4.79 Å². The minimum absolute atomic E-state index is 0.335. The molecule has 5 heteroatoms. The highest BCUT2D eigenvalue weighted by Gasteiger charge is 2.14. The first-order chi connectivity index (χ1) is 7.16. The largest absolute Gasteiger partial charge is 0.431 e. The van der Waals surface area contributed by atoms with E-state index < -0.39 is 0 Å². The van der Waals surface area contributed by atoms with Gasteiger partial charge in [-0.2, -0.15) is 0 Å². The Labute approximate surface area is 90.8 Å². The minimum atomic E-state index is -0.373. The number of nitrogens with zero attached hydrogens (tertiary/aromatic N) is 1. The topological polar surface area (TPSA) is 69.1 Å². The van der Waals surface area contributed by atoms with Gasteiger partial charge in [-0.15, -0.1) is 0 Å². The summed E-state index contributed by atoms with van der Waals surface area (Å²) in [4.78, 5) is 15.1. The van der Waals surface area contributed by atoms with Gasteiger partial charge in [-0.1, -0.05) is 23.9 Å². The summed E-state index contributed by atoms with van der Waals surface area (Å²) in [5.41, 5.74) is 6.66. The maximum absolute atomic E-state index is 10.9. The van der Waals surface area contributed by atoms with Crippen LogP contribution in [0.25, 0.3) is 11.1 Å². The average Bonchev–Trinajstić information content (AvgIpc) is 2.59. The van der Waals surface area contributed by atoms with Crippen molar-refractivity contribution in [2.45, 2.75) is 17.4 Å². The maximum atomic E-state index is 10.9. The van der Waals surface area contributed by atoms with Crippen molar-refractivity contribution in [1.29, 1.82) is 0 Å². The Morgan fingerprint density at radius 2 is 2.27 bits per heavy atom. The summed E-state index contributed by atoms with van der Waals surface area (Å²) in [5.74, 6) is -0.373. The number of hydrogen-bond donors (Lipinski definition) is 1. The number of oxazole rings is 1. The first kappa shape index (κ1) is 10.0. The third kappa shape index (κ3) is 2.12. The van der Waals surface area contributed by atoms with Crippen molar-refractivity contribution in [2.75, 3.05) is 0 Å². The molecule has 1 amide bonds. The van der Waals surface area contributed by atoms with Crippen LogP contribution in [-0.4, -0.2) is 16.1 Å². The second-order valence-corrected chi connectivity index (χ2v) is 4.40. The number of primary amides is 1. The quantitative estimate of drug-likeness (QED) is 0.804. The summed E-state index contributed by atoms with van der Waals surface area (Å²) < 4.78 is 5.43. The monoisotopic (exact) mass is 222 g/mol. The van der Waals surface area contributed by atoms with E-state index in [1.54, 1.807) is 6.92 Å². The van der Waals surface area contributed by atoms with E-state index >= 15 is 0 Å². The molecule has 78 valence electrons. The molecule has 2 aromatic rings. The molecule has 0 saturated heterocycles. The molecule has 0 fully saturated rings. The average molecular weight is 222 g/mol. The van der Waals surface area contributed by atoms with Gasteiger partial charge < -0.3 is 10.2 Å². The Morgan fingerprint density at radius 3 is 2.93 bits per heavy atom. The Morgan fingerprint density at radius 1 is 1.53 bits per heavy atom. The molecule has 2 rings (SSSR count). The lowest BCUT2D eigenvalue weighted by Gasteiger charge is -2.00. The molecule has 4 nitrogen and oxygen atoms in total. The number of benzene rings is 1. The minimum Gasteiger partial charge on any atom is -0.431 e. The molecule has 0 saturated carbocycles. The molecule has 0 radical (unpaired) electrons. The molecule has 0 spiro atoms. The first-order valence-electron chi connectivity index (χ1n) is 4.48. The Hall–Kier alpha value is -1.49. The van der Waals surface area contributed by atoms with Crippen molar-refractivity contribution >= 4 is 28.8 Å². The number of nitrogens with two attached hydrogens (primary N) is 1. The highest BCUT2D eigenvalue weighted by Crippen LogP contribution is 2.26. The van der Waals surface area contributed by atoms with Gasteiger partial charge in [0.05, 0.1) is 5.25 Å². The number of hydrogen-bond acceptors (Lipinski definition) is 4. The van der Waals surface area contributed by atoms with E-state index in [0.717, 1.165) is 11.1 Å². The SMILES string of the molecule is C[C@H](Sc1nc2ccccc2o1)C(N)=O. The number of fused-ring (bicyclic) bond motifs is 1. The molecule has 0 aliphatic rings. The van der Waals surface area contributed by atoms with E-state index in [-0.39, 0.29) is 11.2 Å². The maximum Gasteiger partial charge on any atom is 0.257 e. The molecule has 1 aromatic heterocycles. The van der Waals surface area contributed by atoms with Crippen LogP contribution < -0.4 is 5.73 Å². The van der Waals surface area contributed by atoms with Gasteiger partial charge in [0, 0.05) is 0 Å². The lowest BCUT2D eigenvalue weighted by atomic mass is 10.3. The standard InChI is InChI=1S/C10H10N2O2S/c1-6(9(11)13)15-10-12-7-4-2-3-5-8(7)14-10/h2-6H,1H3,(H2,11,13)/t6-/m0/s1. The summed E-state index contributed by atoms with van der Waals surface area (Å²) in [6.45, 7) is 1.72. The zero-order valence-corrected chi connectivity index (χ0v) is 8.95. The number of aromatic nitrogens is 1. The van der Waals surface area contributed by atoms with Crippen LogP contribution >= 0.6 is 11.8 Å². The summed E-state index contributed by atoms with van der Waals surface area (Å²) in [5, 5.41) is 0.139. The highest BCUT2D eigenvalue weighted by molar-refractivity contribution is 8.00. The lowest BCUT2D eigenvalue weighted by molar-refractivity contribution is -0.117. The van der Waals surface area contributed by atoms with E-state index in [2.05, 4.69) is 4.98 Å². The first-order valence-corrected chi connectivity index (χ1v) is 5.36. The van der Waals surface area contributed by atoms with Crippen LogP contribution in [0.3, 0.4) is 0 Å². The molecule has 1 heterocycles. The molecular formula is C10H10N2O2S. The molecule has 0 bridgehead atoms. The summed E-state index contributed by atoms with van der Waals surface area (Å²) in [6, 6.07) is 7.45. The number of thioether (sulfide) groups is 1. The van der Waals surface area contributed by atoms with Gasteiger partial charge >= 0.3 is 0 Å². The number of para-hydroxylation sites is 2. The van der Waals surface area contributed by atoms with Gasteiger partial charge in [0.1, 0.15) is 5.52 Å². The second-order valence-electron chi connectivity index (χ2n) is 3.11. The number of rotatable bonds is 3.